The van der Waals surface area contributed by atoms with Crippen molar-refractivity contribution in [2.24, 2.45) is 0 Å². The Morgan fingerprint density at radius 2 is 2.27 bits per heavy atom. The molecule has 0 unspecified atom stereocenters. The quantitative estimate of drug-likeness (QED) is 0.775. The normalized spacial score (nSPS) is 17.7. The van der Waals surface area contributed by atoms with Crippen LogP contribution in [-0.2, 0) is 0 Å². The Kier molecular flexibility index (Phi) is 3.53. The Morgan fingerprint density at radius 3 is 2.93 bits per heavy atom. The number of pyridine rings is 1. The lowest BCUT2D eigenvalue weighted by Crippen LogP contribution is -2.47. The summed E-state index contributed by atoms with van der Waals surface area (Å²) in [6, 6.07) is 4.07. The van der Waals surface area contributed by atoms with Crippen LogP contribution in [-0.4, -0.2) is 49.8 Å². The minimum atomic E-state index is 0.980. The van der Waals surface area contributed by atoms with E-state index in [4.69, 9.17) is 0 Å². The Morgan fingerprint density at radius 1 is 1.47 bits per heavy atom. The highest BCUT2D eigenvalue weighted by molar-refractivity contribution is 5.42. The van der Waals surface area contributed by atoms with Gasteiger partial charge in [-0.05, 0) is 12.1 Å². The molecule has 4 nitrogen and oxygen atoms in total. The van der Waals surface area contributed by atoms with E-state index in [2.05, 4.69) is 33.2 Å². The molecule has 0 bridgehead atoms. The maximum Gasteiger partial charge on any atom is 0.0705 e. The Labute approximate surface area is 90.9 Å². The van der Waals surface area contributed by atoms with Crippen LogP contribution in [0.15, 0.2) is 24.5 Å². The second kappa shape index (κ2) is 5.09. The topological polar surface area (TPSA) is 31.4 Å². The van der Waals surface area contributed by atoms with Crippen LogP contribution < -0.4 is 10.2 Å². The molecule has 1 aliphatic rings. The number of hydrogen-bond donors (Lipinski definition) is 1. The van der Waals surface area contributed by atoms with E-state index in [-0.39, 0.29) is 0 Å². The van der Waals surface area contributed by atoms with Crippen molar-refractivity contribution < 1.29 is 0 Å². The fraction of sp³-hybridized carbons (Fsp3) is 0.545. The SMILES string of the molecule is CN(CN1CCNCC1)c1cccnc1. The summed E-state index contributed by atoms with van der Waals surface area (Å²) in [5.41, 5.74) is 1.18. The van der Waals surface area contributed by atoms with Gasteiger partial charge in [0.1, 0.15) is 0 Å². The van der Waals surface area contributed by atoms with E-state index in [0.29, 0.717) is 0 Å². The monoisotopic (exact) mass is 206 g/mol. The molecule has 0 spiro atoms. The van der Waals surface area contributed by atoms with Gasteiger partial charge in [0.15, 0.2) is 0 Å². The molecule has 82 valence electrons. The van der Waals surface area contributed by atoms with Gasteiger partial charge in [-0.3, -0.25) is 9.88 Å². The van der Waals surface area contributed by atoms with Gasteiger partial charge < -0.3 is 10.2 Å². The molecule has 1 N–H and O–H groups in total. The first kappa shape index (κ1) is 10.4. The minimum absolute atomic E-state index is 0.980. The summed E-state index contributed by atoms with van der Waals surface area (Å²) in [6.07, 6.45) is 3.71. The molecule has 2 heterocycles. The first-order valence-corrected chi connectivity index (χ1v) is 5.40. The molecule has 1 saturated heterocycles. The van der Waals surface area contributed by atoms with Crippen LogP contribution in [0.25, 0.3) is 0 Å². The van der Waals surface area contributed by atoms with E-state index in [0.717, 1.165) is 32.8 Å². The largest absolute Gasteiger partial charge is 0.360 e. The second-order valence-corrected chi connectivity index (χ2v) is 3.92. The van der Waals surface area contributed by atoms with Crippen molar-refractivity contribution >= 4 is 5.69 Å². The standard InChI is InChI=1S/C11H18N4/c1-14(11-3-2-4-13-9-11)10-15-7-5-12-6-8-15/h2-4,9,12H,5-8,10H2,1H3. The zero-order valence-electron chi connectivity index (χ0n) is 9.19. The Balaban J connectivity index is 1.88. The van der Waals surface area contributed by atoms with Gasteiger partial charge in [-0.2, -0.15) is 0 Å². The third-order valence-electron chi connectivity index (χ3n) is 2.71. The number of aromatic nitrogens is 1. The summed E-state index contributed by atoms with van der Waals surface area (Å²) in [6.45, 7) is 5.43. The van der Waals surface area contributed by atoms with Crippen LogP contribution in [0, 0.1) is 0 Å². The lowest BCUT2D eigenvalue weighted by atomic mass is 10.3. The maximum atomic E-state index is 4.13. The molecule has 2 rings (SSSR count). The van der Waals surface area contributed by atoms with Gasteiger partial charge in [-0.1, -0.05) is 0 Å². The first-order chi connectivity index (χ1) is 7.36. The van der Waals surface area contributed by atoms with Gasteiger partial charge in [0.05, 0.1) is 18.6 Å². The van der Waals surface area contributed by atoms with Gasteiger partial charge in [-0.15, -0.1) is 0 Å². The average molecular weight is 206 g/mol. The Bertz CT molecular complexity index is 282. The lowest BCUT2D eigenvalue weighted by molar-refractivity contribution is 0.243. The van der Waals surface area contributed by atoms with Gasteiger partial charge in [0.25, 0.3) is 0 Å². The van der Waals surface area contributed by atoms with Gasteiger partial charge in [-0.25, -0.2) is 0 Å². The molecule has 1 fully saturated rings. The van der Waals surface area contributed by atoms with Crippen molar-refractivity contribution in [1.29, 1.82) is 0 Å². The maximum absolute atomic E-state index is 4.13. The zero-order valence-corrected chi connectivity index (χ0v) is 9.19. The molecule has 0 aromatic carbocycles. The minimum Gasteiger partial charge on any atom is -0.360 e. The van der Waals surface area contributed by atoms with Gasteiger partial charge in [0, 0.05) is 39.4 Å². The molecule has 0 aliphatic carbocycles. The molecule has 1 aromatic heterocycles. The fourth-order valence-electron chi connectivity index (χ4n) is 1.81. The highest BCUT2D eigenvalue weighted by atomic mass is 15.3. The fourth-order valence-corrected chi connectivity index (χ4v) is 1.81. The molecule has 0 saturated carbocycles. The van der Waals surface area contributed by atoms with E-state index in [1.807, 2.05) is 18.5 Å². The number of piperazine rings is 1. The van der Waals surface area contributed by atoms with Gasteiger partial charge >= 0.3 is 0 Å². The summed E-state index contributed by atoms with van der Waals surface area (Å²) in [4.78, 5) is 8.81. The van der Waals surface area contributed by atoms with Gasteiger partial charge in [0.2, 0.25) is 0 Å². The highest BCUT2D eigenvalue weighted by Crippen LogP contribution is 2.09. The smallest absolute Gasteiger partial charge is 0.0705 e. The molecule has 1 aromatic rings. The molecule has 0 radical (unpaired) electrons. The number of nitrogens with zero attached hydrogens (tertiary/aromatic N) is 3. The number of rotatable bonds is 3. The molecule has 1 aliphatic heterocycles. The van der Waals surface area contributed by atoms with Crippen molar-refractivity contribution in [1.82, 2.24) is 15.2 Å². The van der Waals surface area contributed by atoms with E-state index in [1.54, 1.807) is 0 Å². The predicted molar refractivity (Wildman–Crippen MR) is 61.9 cm³/mol. The van der Waals surface area contributed by atoms with Crippen molar-refractivity contribution in [2.45, 2.75) is 0 Å². The molecular weight excluding hydrogens is 188 g/mol. The van der Waals surface area contributed by atoms with E-state index in [9.17, 15) is 0 Å². The van der Waals surface area contributed by atoms with Crippen LogP contribution in [0.3, 0.4) is 0 Å². The van der Waals surface area contributed by atoms with Crippen molar-refractivity contribution in [3.8, 4) is 0 Å². The zero-order chi connectivity index (χ0) is 10.5. The van der Waals surface area contributed by atoms with E-state index >= 15 is 0 Å². The average Bonchev–Trinajstić information content (AvgIpc) is 2.31. The first-order valence-electron chi connectivity index (χ1n) is 5.40. The predicted octanol–water partition coefficient (Wildman–Crippen LogP) is 0.380. The summed E-state index contributed by atoms with van der Waals surface area (Å²) >= 11 is 0. The number of anilines is 1. The molecular formula is C11H18N4. The highest BCUT2D eigenvalue weighted by Gasteiger charge is 2.11. The molecule has 0 amide bonds. The van der Waals surface area contributed by atoms with Crippen molar-refractivity contribution in [3.05, 3.63) is 24.5 Å². The van der Waals surface area contributed by atoms with Crippen LogP contribution in [0.1, 0.15) is 0 Å². The van der Waals surface area contributed by atoms with E-state index < -0.39 is 0 Å². The summed E-state index contributed by atoms with van der Waals surface area (Å²) < 4.78 is 0. The molecule has 4 heteroatoms. The summed E-state index contributed by atoms with van der Waals surface area (Å²) in [5, 5.41) is 3.36. The summed E-state index contributed by atoms with van der Waals surface area (Å²) in [5.74, 6) is 0. The molecule has 15 heavy (non-hydrogen) atoms. The van der Waals surface area contributed by atoms with Crippen LogP contribution in [0.4, 0.5) is 5.69 Å². The van der Waals surface area contributed by atoms with Crippen LogP contribution >= 0.6 is 0 Å². The molecule has 0 atom stereocenters. The van der Waals surface area contributed by atoms with Crippen LogP contribution in [0.2, 0.25) is 0 Å². The third kappa shape index (κ3) is 2.91. The summed E-state index contributed by atoms with van der Waals surface area (Å²) in [7, 11) is 2.11. The lowest BCUT2D eigenvalue weighted by Gasteiger charge is -2.32. The number of hydrogen-bond acceptors (Lipinski definition) is 4. The van der Waals surface area contributed by atoms with Crippen molar-refractivity contribution in [3.63, 3.8) is 0 Å². The van der Waals surface area contributed by atoms with E-state index in [1.165, 1.54) is 5.69 Å². The van der Waals surface area contributed by atoms with Crippen molar-refractivity contribution in [2.75, 3.05) is 44.8 Å². The number of nitrogens with one attached hydrogen (secondary N) is 1. The van der Waals surface area contributed by atoms with Crippen LogP contribution in [0.5, 0.6) is 0 Å². The third-order valence-corrected chi connectivity index (χ3v) is 2.71. The second-order valence-electron chi connectivity index (χ2n) is 3.92. The Hall–Kier alpha value is -1.13.